The molecule has 0 radical (unpaired) electrons. The van der Waals surface area contributed by atoms with Crippen LogP contribution in [0.15, 0.2) is 66.7 Å². The number of ketones is 1. The van der Waals surface area contributed by atoms with Crippen molar-refractivity contribution in [1.29, 1.82) is 0 Å². The van der Waals surface area contributed by atoms with Crippen LogP contribution in [0.25, 0.3) is 0 Å². The van der Waals surface area contributed by atoms with Gasteiger partial charge in [0.25, 0.3) is 5.91 Å². The number of para-hydroxylation sites is 1. The van der Waals surface area contributed by atoms with Gasteiger partial charge in [0.05, 0.1) is 22.9 Å². The van der Waals surface area contributed by atoms with Gasteiger partial charge in [0, 0.05) is 16.1 Å². The Morgan fingerprint density at radius 2 is 1.54 bits per heavy atom. The molecule has 3 aromatic rings. The number of benzene rings is 3. The number of ether oxygens (including phenoxy) is 1. The molecule has 0 fully saturated rings. The molecule has 2 amide bonds. The van der Waals surface area contributed by atoms with Gasteiger partial charge in [0.15, 0.2) is 5.78 Å². The zero-order valence-electron chi connectivity index (χ0n) is 19.6. The van der Waals surface area contributed by atoms with Crippen molar-refractivity contribution in [3.63, 3.8) is 0 Å². The normalized spacial score (nSPS) is 11.6. The van der Waals surface area contributed by atoms with Gasteiger partial charge in [-0.1, -0.05) is 61.3 Å². The van der Waals surface area contributed by atoms with Gasteiger partial charge in [-0.25, -0.2) is 0 Å². The van der Waals surface area contributed by atoms with Crippen LogP contribution in [0.2, 0.25) is 10.0 Å². The summed E-state index contributed by atoms with van der Waals surface area (Å²) in [6.45, 7) is 5.86. The summed E-state index contributed by atoms with van der Waals surface area (Å²) in [4.78, 5) is 39.5. The highest BCUT2D eigenvalue weighted by molar-refractivity contribution is 6.36. The maximum Gasteiger partial charge on any atom is 0.255 e. The molecule has 1 atom stereocenters. The fraction of sp³-hybridized carbons (Fsp3) is 0.222. The van der Waals surface area contributed by atoms with Crippen LogP contribution in [-0.4, -0.2) is 30.2 Å². The van der Waals surface area contributed by atoms with Crippen LogP contribution in [0.4, 0.5) is 5.69 Å². The molecule has 6 nitrogen and oxygen atoms in total. The molecule has 35 heavy (non-hydrogen) atoms. The van der Waals surface area contributed by atoms with Gasteiger partial charge in [0.1, 0.15) is 11.8 Å². The predicted octanol–water partition coefficient (Wildman–Crippen LogP) is 6.02. The van der Waals surface area contributed by atoms with Crippen molar-refractivity contribution in [2.45, 2.75) is 26.8 Å². The number of carbonyl (C=O) groups is 3. The van der Waals surface area contributed by atoms with Gasteiger partial charge in [0.2, 0.25) is 5.91 Å². The number of halogens is 2. The largest absolute Gasteiger partial charge is 0.493 e. The molecule has 0 spiro atoms. The Morgan fingerprint density at radius 1 is 0.886 bits per heavy atom. The van der Waals surface area contributed by atoms with E-state index in [4.69, 9.17) is 27.9 Å². The van der Waals surface area contributed by atoms with Crippen molar-refractivity contribution < 1.29 is 19.1 Å². The lowest BCUT2D eigenvalue weighted by Crippen LogP contribution is -2.47. The van der Waals surface area contributed by atoms with Crippen LogP contribution in [0.3, 0.4) is 0 Å². The van der Waals surface area contributed by atoms with Crippen LogP contribution in [0.5, 0.6) is 5.75 Å². The lowest BCUT2D eigenvalue weighted by Gasteiger charge is -2.23. The van der Waals surface area contributed by atoms with Gasteiger partial charge in [-0.3, -0.25) is 14.4 Å². The first-order valence-corrected chi connectivity index (χ1v) is 11.9. The van der Waals surface area contributed by atoms with Crippen molar-refractivity contribution in [2.75, 3.05) is 11.9 Å². The molecular weight excluding hydrogens is 487 g/mol. The average Bonchev–Trinajstić information content (AvgIpc) is 2.83. The van der Waals surface area contributed by atoms with Crippen molar-refractivity contribution in [2.24, 2.45) is 5.92 Å². The average molecular weight is 513 g/mol. The van der Waals surface area contributed by atoms with E-state index in [2.05, 4.69) is 10.6 Å². The van der Waals surface area contributed by atoms with Crippen molar-refractivity contribution >= 4 is 46.5 Å². The summed E-state index contributed by atoms with van der Waals surface area (Å²) in [6.07, 6.45) is 0. The molecular formula is C27H26Cl2N2O4. The Labute approximate surface area is 214 Å². The molecule has 1 unspecified atom stereocenters. The van der Waals surface area contributed by atoms with E-state index >= 15 is 0 Å². The molecule has 182 valence electrons. The zero-order valence-corrected chi connectivity index (χ0v) is 21.1. The summed E-state index contributed by atoms with van der Waals surface area (Å²) in [6, 6.07) is 17.2. The molecule has 0 heterocycles. The van der Waals surface area contributed by atoms with E-state index in [0.29, 0.717) is 22.9 Å². The standard InChI is InChI=1S/C27H26Cl2N2O4/c1-4-35-23-12-8-6-10-19(23)26(33)31-24(16(2)3)27(34)30-22-14-13-17(28)15-20(22)25(32)18-9-5-7-11-21(18)29/h5-16,24H,4H2,1-3H3,(H,30,34)(H,31,33). The van der Waals surface area contributed by atoms with Crippen molar-refractivity contribution in [3.05, 3.63) is 93.5 Å². The minimum absolute atomic E-state index is 0.189. The van der Waals surface area contributed by atoms with Crippen molar-refractivity contribution in [1.82, 2.24) is 5.32 Å². The van der Waals surface area contributed by atoms with E-state index in [-0.39, 0.29) is 33.5 Å². The molecule has 0 saturated heterocycles. The lowest BCUT2D eigenvalue weighted by molar-refractivity contribution is -0.118. The van der Waals surface area contributed by atoms with Gasteiger partial charge < -0.3 is 15.4 Å². The monoisotopic (exact) mass is 512 g/mol. The number of nitrogens with one attached hydrogen (secondary N) is 2. The molecule has 0 aliphatic carbocycles. The van der Waals surface area contributed by atoms with Crippen LogP contribution < -0.4 is 15.4 Å². The first-order chi connectivity index (χ1) is 16.7. The highest BCUT2D eigenvalue weighted by atomic mass is 35.5. The third-order valence-corrected chi connectivity index (χ3v) is 5.83. The summed E-state index contributed by atoms with van der Waals surface area (Å²) < 4.78 is 5.54. The maximum atomic E-state index is 13.3. The molecule has 3 rings (SSSR count). The topological polar surface area (TPSA) is 84.5 Å². The van der Waals surface area contributed by atoms with Crippen LogP contribution in [0.1, 0.15) is 47.1 Å². The Bertz CT molecular complexity index is 1240. The van der Waals surface area contributed by atoms with E-state index in [0.717, 1.165) is 0 Å². The highest BCUT2D eigenvalue weighted by Crippen LogP contribution is 2.27. The molecule has 0 saturated carbocycles. The minimum Gasteiger partial charge on any atom is -0.493 e. The Hall–Kier alpha value is -3.35. The van der Waals surface area contributed by atoms with Gasteiger partial charge in [-0.05, 0) is 55.3 Å². The van der Waals surface area contributed by atoms with Gasteiger partial charge in [-0.2, -0.15) is 0 Å². The number of hydrogen-bond acceptors (Lipinski definition) is 4. The number of hydrogen-bond donors (Lipinski definition) is 2. The molecule has 0 aliphatic rings. The number of rotatable bonds is 9. The first kappa shape index (κ1) is 26.3. The second-order valence-corrected chi connectivity index (χ2v) is 8.96. The second kappa shape index (κ2) is 11.9. The Morgan fingerprint density at radius 3 is 2.20 bits per heavy atom. The molecule has 0 bridgehead atoms. The van der Waals surface area contributed by atoms with E-state index in [1.165, 1.54) is 6.07 Å². The summed E-state index contributed by atoms with van der Waals surface area (Å²) in [5, 5.41) is 6.19. The first-order valence-electron chi connectivity index (χ1n) is 11.1. The van der Waals surface area contributed by atoms with Gasteiger partial charge in [-0.15, -0.1) is 0 Å². The predicted molar refractivity (Wildman–Crippen MR) is 139 cm³/mol. The van der Waals surface area contributed by atoms with Crippen molar-refractivity contribution in [3.8, 4) is 5.75 Å². The SMILES string of the molecule is CCOc1ccccc1C(=O)NC(C(=O)Nc1ccc(Cl)cc1C(=O)c1ccccc1Cl)C(C)C. The number of amides is 2. The summed E-state index contributed by atoms with van der Waals surface area (Å²) in [7, 11) is 0. The van der Waals surface area contributed by atoms with Crippen LogP contribution in [0, 0.1) is 5.92 Å². The molecule has 0 aromatic heterocycles. The number of carbonyl (C=O) groups excluding carboxylic acids is 3. The van der Waals surface area contributed by atoms with Gasteiger partial charge >= 0.3 is 0 Å². The third-order valence-electron chi connectivity index (χ3n) is 5.27. The number of anilines is 1. The Balaban J connectivity index is 1.87. The van der Waals surface area contributed by atoms with E-state index < -0.39 is 17.9 Å². The van der Waals surface area contributed by atoms with E-state index in [9.17, 15) is 14.4 Å². The Kier molecular flexibility index (Phi) is 8.90. The summed E-state index contributed by atoms with van der Waals surface area (Å²) >= 11 is 12.4. The fourth-order valence-electron chi connectivity index (χ4n) is 3.50. The minimum atomic E-state index is -0.879. The van der Waals surface area contributed by atoms with Crippen LogP contribution >= 0.6 is 23.2 Å². The molecule has 2 N–H and O–H groups in total. The second-order valence-electron chi connectivity index (χ2n) is 8.11. The molecule has 0 aliphatic heterocycles. The molecule has 3 aromatic carbocycles. The smallest absolute Gasteiger partial charge is 0.255 e. The van der Waals surface area contributed by atoms with E-state index in [1.54, 1.807) is 60.7 Å². The zero-order chi connectivity index (χ0) is 25.5. The lowest BCUT2D eigenvalue weighted by atomic mass is 9.99. The quantitative estimate of drug-likeness (QED) is 0.343. The van der Waals surface area contributed by atoms with Crippen LogP contribution in [-0.2, 0) is 4.79 Å². The highest BCUT2D eigenvalue weighted by Gasteiger charge is 2.27. The van der Waals surface area contributed by atoms with E-state index in [1.807, 2.05) is 20.8 Å². The third kappa shape index (κ3) is 6.41. The summed E-state index contributed by atoms with van der Waals surface area (Å²) in [5.41, 5.74) is 1.07. The fourth-order valence-corrected chi connectivity index (χ4v) is 3.90. The summed E-state index contributed by atoms with van der Waals surface area (Å²) in [5.74, 6) is -1.11. The molecule has 8 heteroatoms. The maximum absolute atomic E-state index is 13.3.